The first-order valence-corrected chi connectivity index (χ1v) is 12.7. The van der Waals surface area contributed by atoms with Crippen molar-refractivity contribution in [2.24, 2.45) is 50.7 Å². The smallest absolute Gasteiger partial charge is 0.0594 e. The van der Waals surface area contributed by atoms with Crippen LogP contribution >= 0.6 is 0 Å². The van der Waals surface area contributed by atoms with Crippen LogP contribution in [0.3, 0.4) is 0 Å². The van der Waals surface area contributed by atoms with E-state index >= 15 is 0 Å². The highest BCUT2D eigenvalue weighted by molar-refractivity contribution is 5.18. The van der Waals surface area contributed by atoms with E-state index in [0.717, 1.165) is 24.2 Å². The van der Waals surface area contributed by atoms with Gasteiger partial charge in [0.2, 0.25) is 0 Å². The van der Waals surface area contributed by atoms with Crippen LogP contribution in [0.1, 0.15) is 112 Å². The SMILES string of the molecule is CC12CCCC1C1CCC3C4(C)CCC(O)C(C)(C)C4CCC3(C)[C@]1(C)CC2. The summed E-state index contributed by atoms with van der Waals surface area (Å²) in [6.07, 6.45) is 15.3. The average Bonchev–Trinajstić information content (AvgIpc) is 3.01. The van der Waals surface area contributed by atoms with Gasteiger partial charge < -0.3 is 5.11 Å². The molecule has 0 bridgehead atoms. The van der Waals surface area contributed by atoms with E-state index in [-0.39, 0.29) is 11.5 Å². The van der Waals surface area contributed by atoms with E-state index in [2.05, 4.69) is 41.5 Å². The van der Waals surface area contributed by atoms with Crippen molar-refractivity contribution in [2.75, 3.05) is 0 Å². The lowest BCUT2D eigenvalue weighted by Crippen LogP contribution is -2.66. The van der Waals surface area contributed by atoms with Crippen molar-refractivity contribution in [1.82, 2.24) is 0 Å². The Morgan fingerprint density at radius 3 is 2.11 bits per heavy atom. The van der Waals surface area contributed by atoms with E-state index in [1.165, 1.54) is 64.2 Å². The second-order valence-electron chi connectivity index (χ2n) is 13.7. The zero-order valence-electron chi connectivity index (χ0n) is 19.6. The Labute approximate surface area is 174 Å². The molecule has 160 valence electrons. The molecule has 5 aliphatic carbocycles. The summed E-state index contributed by atoms with van der Waals surface area (Å²) in [7, 11) is 0. The number of hydrogen-bond donors (Lipinski definition) is 1. The standard InChI is InChI=1S/C27H46O/c1-23(2)20-11-15-27(6)21(25(20,4)14-12-22(23)28)10-9-19-18-8-7-13-24(18,3)16-17-26(19,27)5/h18-22,28H,7-17H2,1-6H3/t18?,19?,20?,21?,22?,24?,25?,26-,27?/m1/s1. The molecule has 28 heavy (non-hydrogen) atoms. The summed E-state index contributed by atoms with van der Waals surface area (Å²) in [5.74, 6) is 3.52. The third-order valence-electron chi connectivity index (χ3n) is 12.8. The van der Waals surface area contributed by atoms with E-state index in [0.29, 0.717) is 27.6 Å². The topological polar surface area (TPSA) is 20.2 Å². The van der Waals surface area contributed by atoms with Crippen molar-refractivity contribution in [1.29, 1.82) is 0 Å². The monoisotopic (exact) mass is 386 g/mol. The van der Waals surface area contributed by atoms with Gasteiger partial charge in [-0.25, -0.2) is 0 Å². The highest BCUT2D eigenvalue weighted by Crippen LogP contribution is 2.76. The largest absolute Gasteiger partial charge is 0.393 e. The molecule has 9 atom stereocenters. The predicted octanol–water partition coefficient (Wildman–Crippen LogP) is 7.22. The molecule has 0 radical (unpaired) electrons. The van der Waals surface area contributed by atoms with E-state index in [9.17, 15) is 5.11 Å². The van der Waals surface area contributed by atoms with Gasteiger partial charge in [0.25, 0.3) is 0 Å². The first kappa shape index (κ1) is 19.9. The van der Waals surface area contributed by atoms with Gasteiger partial charge in [-0.2, -0.15) is 0 Å². The molecule has 0 saturated heterocycles. The zero-order chi connectivity index (χ0) is 20.2. The van der Waals surface area contributed by atoms with Crippen molar-refractivity contribution >= 4 is 0 Å². The van der Waals surface area contributed by atoms with Crippen LogP contribution < -0.4 is 0 Å². The van der Waals surface area contributed by atoms with E-state index in [4.69, 9.17) is 0 Å². The van der Waals surface area contributed by atoms with Crippen molar-refractivity contribution in [2.45, 2.75) is 118 Å². The summed E-state index contributed by atoms with van der Waals surface area (Å²) in [5, 5.41) is 10.8. The lowest BCUT2D eigenvalue weighted by Gasteiger charge is -2.72. The van der Waals surface area contributed by atoms with E-state index < -0.39 is 0 Å². The van der Waals surface area contributed by atoms with Crippen molar-refractivity contribution in [3.63, 3.8) is 0 Å². The van der Waals surface area contributed by atoms with Gasteiger partial charge in [0.1, 0.15) is 0 Å². The fraction of sp³-hybridized carbons (Fsp3) is 1.00. The van der Waals surface area contributed by atoms with Crippen molar-refractivity contribution in [3.8, 4) is 0 Å². The molecule has 1 nitrogen and oxygen atoms in total. The van der Waals surface area contributed by atoms with Gasteiger partial charge in [0.05, 0.1) is 6.10 Å². The van der Waals surface area contributed by atoms with Crippen LogP contribution in [0.4, 0.5) is 0 Å². The second kappa shape index (κ2) is 5.80. The molecule has 5 saturated carbocycles. The summed E-state index contributed by atoms with van der Waals surface area (Å²) in [6, 6.07) is 0. The summed E-state index contributed by atoms with van der Waals surface area (Å²) < 4.78 is 0. The Hall–Kier alpha value is -0.0400. The number of aliphatic hydroxyl groups is 1. The normalized spacial score (nSPS) is 60.3. The molecule has 0 aliphatic heterocycles. The van der Waals surface area contributed by atoms with Crippen LogP contribution in [-0.2, 0) is 0 Å². The van der Waals surface area contributed by atoms with Gasteiger partial charge in [-0.05, 0) is 115 Å². The molecule has 0 aromatic heterocycles. The van der Waals surface area contributed by atoms with Crippen LogP contribution in [-0.4, -0.2) is 11.2 Å². The number of hydrogen-bond acceptors (Lipinski definition) is 1. The molecule has 0 aromatic carbocycles. The van der Waals surface area contributed by atoms with Crippen LogP contribution in [0.5, 0.6) is 0 Å². The lowest BCUT2D eigenvalue weighted by atomic mass is 9.32. The predicted molar refractivity (Wildman–Crippen MR) is 117 cm³/mol. The van der Waals surface area contributed by atoms with Crippen LogP contribution in [0, 0.1) is 50.7 Å². The van der Waals surface area contributed by atoms with Gasteiger partial charge in [0.15, 0.2) is 0 Å². The third kappa shape index (κ3) is 2.19. The van der Waals surface area contributed by atoms with Gasteiger partial charge in [-0.15, -0.1) is 0 Å². The molecule has 0 amide bonds. The molecule has 5 aliphatic rings. The fourth-order valence-electron chi connectivity index (χ4n) is 10.9. The highest BCUT2D eigenvalue weighted by Gasteiger charge is 2.69. The molecule has 5 rings (SSSR count). The minimum Gasteiger partial charge on any atom is -0.393 e. The maximum absolute atomic E-state index is 10.8. The summed E-state index contributed by atoms with van der Waals surface area (Å²) in [4.78, 5) is 0. The Balaban J connectivity index is 1.53. The number of fused-ring (bicyclic) bond motifs is 7. The Kier molecular flexibility index (Phi) is 4.12. The van der Waals surface area contributed by atoms with E-state index in [1.807, 2.05) is 0 Å². The maximum Gasteiger partial charge on any atom is 0.0594 e. The molecule has 0 aromatic rings. The minimum atomic E-state index is -0.101. The molecule has 8 unspecified atom stereocenters. The van der Waals surface area contributed by atoms with E-state index in [1.54, 1.807) is 0 Å². The summed E-state index contributed by atoms with van der Waals surface area (Å²) in [6.45, 7) is 15.5. The third-order valence-corrected chi connectivity index (χ3v) is 12.8. The molecule has 1 N–H and O–H groups in total. The average molecular weight is 387 g/mol. The highest BCUT2D eigenvalue weighted by atomic mass is 16.3. The first-order valence-electron chi connectivity index (χ1n) is 12.7. The molecule has 0 heterocycles. The maximum atomic E-state index is 10.8. The van der Waals surface area contributed by atoms with Crippen molar-refractivity contribution < 1.29 is 5.11 Å². The Morgan fingerprint density at radius 1 is 0.607 bits per heavy atom. The molecule has 1 heteroatoms. The number of rotatable bonds is 0. The van der Waals surface area contributed by atoms with Gasteiger partial charge in [0, 0.05) is 0 Å². The summed E-state index contributed by atoms with van der Waals surface area (Å²) >= 11 is 0. The lowest BCUT2D eigenvalue weighted by molar-refractivity contribution is -0.244. The van der Waals surface area contributed by atoms with Crippen LogP contribution in [0.25, 0.3) is 0 Å². The zero-order valence-corrected chi connectivity index (χ0v) is 19.6. The molecular weight excluding hydrogens is 340 g/mol. The second-order valence-corrected chi connectivity index (χ2v) is 13.7. The summed E-state index contributed by atoms with van der Waals surface area (Å²) in [5.41, 5.74) is 2.22. The molecular formula is C27H46O. The Morgan fingerprint density at radius 2 is 1.36 bits per heavy atom. The fourth-order valence-corrected chi connectivity index (χ4v) is 10.9. The van der Waals surface area contributed by atoms with Crippen molar-refractivity contribution in [3.05, 3.63) is 0 Å². The number of aliphatic hydroxyl groups excluding tert-OH is 1. The Bertz CT molecular complexity index is 653. The van der Waals surface area contributed by atoms with Gasteiger partial charge >= 0.3 is 0 Å². The van der Waals surface area contributed by atoms with Crippen LogP contribution in [0.15, 0.2) is 0 Å². The quantitative estimate of drug-likeness (QED) is 0.466. The van der Waals surface area contributed by atoms with Crippen LogP contribution in [0.2, 0.25) is 0 Å². The van der Waals surface area contributed by atoms with Gasteiger partial charge in [-0.3, -0.25) is 0 Å². The molecule has 5 fully saturated rings. The minimum absolute atomic E-state index is 0.0860. The first-order chi connectivity index (χ1) is 13.0. The molecule has 0 spiro atoms. The van der Waals surface area contributed by atoms with Gasteiger partial charge in [-0.1, -0.05) is 48.0 Å².